The van der Waals surface area contributed by atoms with Crippen LogP contribution >= 0.6 is 23.1 Å². The number of carbonyl (C=O) groups is 1. The number of benzene rings is 1. The van der Waals surface area contributed by atoms with Crippen LogP contribution in [0.25, 0.3) is 15.9 Å². The van der Waals surface area contributed by atoms with Gasteiger partial charge in [-0.3, -0.25) is 14.2 Å². The lowest BCUT2D eigenvalue weighted by atomic mass is 9.92. The lowest BCUT2D eigenvalue weighted by molar-refractivity contribution is -0.130. The van der Waals surface area contributed by atoms with E-state index in [1.165, 1.54) is 29.5 Å². The number of carbonyl (C=O) groups excluding carboxylic acids is 1. The van der Waals surface area contributed by atoms with Crippen LogP contribution in [0.3, 0.4) is 0 Å². The first-order chi connectivity index (χ1) is 13.9. The molecule has 1 aliphatic rings. The molecule has 0 saturated carbocycles. The van der Waals surface area contributed by atoms with Gasteiger partial charge < -0.3 is 4.90 Å². The SMILES string of the molecule is Cc1cccc(-n2c(SCC(=O)N3CC(C)CC(C)C3)nc3ccsc3c2=O)c1. The van der Waals surface area contributed by atoms with Crippen molar-refractivity contribution in [1.82, 2.24) is 14.5 Å². The zero-order valence-corrected chi connectivity index (χ0v) is 18.6. The largest absolute Gasteiger partial charge is 0.341 e. The van der Waals surface area contributed by atoms with E-state index in [0.29, 0.717) is 27.2 Å². The van der Waals surface area contributed by atoms with Crippen molar-refractivity contribution < 1.29 is 4.79 Å². The molecule has 4 rings (SSSR count). The van der Waals surface area contributed by atoms with Crippen LogP contribution in [-0.2, 0) is 4.79 Å². The molecular formula is C22H25N3O2S2. The van der Waals surface area contributed by atoms with E-state index in [9.17, 15) is 9.59 Å². The Morgan fingerprint density at radius 1 is 1.24 bits per heavy atom. The van der Waals surface area contributed by atoms with Crippen molar-refractivity contribution in [3.05, 3.63) is 51.6 Å². The van der Waals surface area contributed by atoms with Crippen molar-refractivity contribution in [2.45, 2.75) is 32.3 Å². The molecular weight excluding hydrogens is 402 g/mol. The molecule has 3 aromatic rings. The molecule has 3 heterocycles. The monoisotopic (exact) mass is 427 g/mol. The standard InChI is InChI=1S/C22H25N3O2S2/c1-14-5-4-6-17(10-14)25-21(27)20-18(7-8-28-20)23-22(25)29-13-19(26)24-11-15(2)9-16(3)12-24/h4-8,10,15-16H,9,11-13H2,1-3H3. The fourth-order valence-corrected chi connectivity index (χ4v) is 5.74. The third kappa shape index (κ3) is 4.26. The molecule has 152 valence electrons. The van der Waals surface area contributed by atoms with E-state index in [4.69, 9.17) is 4.98 Å². The van der Waals surface area contributed by atoms with Crippen LogP contribution in [0.4, 0.5) is 0 Å². The van der Waals surface area contributed by atoms with Gasteiger partial charge in [0.15, 0.2) is 5.16 Å². The van der Waals surface area contributed by atoms with Crippen molar-refractivity contribution in [3.8, 4) is 5.69 Å². The van der Waals surface area contributed by atoms with Crippen molar-refractivity contribution in [2.24, 2.45) is 11.8 Å². The summed E-state index contributed by atoms with van der Waals surface area (Å²) in [4.78, 5) is 32.7. The molecule has 2 aromatic heterocycles. The molecule has 0 aliphatic carbocycles. The molecule has 0 N–H and O–H groups in total. The van der Waals surface area contributed by atoms with E-state index >= 15 is 0 Å². The van der Waals surface area contributed by atoms with Gasteiger partial charge >= 0.3 is 0 Å². The van der Waals surface area contributed by atoms with E-state index in [1.807, 2.05) is 47.5 Å². The summed E-state index contributed by atoms with van der Waals surface area (Å²) in [5, 5.41) is 2.45. The molecule has 5 nitrogen and oxygen atoms in total. The Balaban J connectivity index is 1.65. The zero-order valence-electron chi connectivity index (χ0n) is 16.9. The summed E-state index contributed by atoms with van der Waals surface area (Å²) in [7, 11) is 0. The van der Waals surface area contributed by atoms with Crippen LogP contribution in [-0.4, -0.2) is 39.2 Å². The van der Waals surface area contributed by atoms with Gasteiger partial charge in [0.1, 0.15) is 4.70 Å². The van der Waals surface area contributed by atoms with Crippen LogP contribution in [0.1, 0.15) is 25.8 Å². The number of amides is 1. The summed E-state index contributed by atoms with van der Waals surface area (Å²) >= 11 is 2.75. The maximum absolute atomic E-state index is 13.2. The lowest BCUT2D eigenvalue weighted by Gasteiger charge is -2.35. The van der Waals surface area contributed by atoms with E-state index in [-0.39, 0.29) is 17.2 Å². The van der Waals surface area contributed by atoms with E-state index in [0.717, 1.165) is 24.3 Å². The minimum Gasteiger partial charge on any atom is -0.341 e. The summed E-state index contributed by atoms with van der Waals surface area (Å²) in [5.41, 5.74) is 2.47. The van der Waals surface area contributed by atoms with Crippen molar-refractivity contribution >= 4 is 39.2 Å². The number of hydrogen-bond acceptors (Lipinski definition) is 5. The zero-order chi connectivity index (χ0) is 20.5. The number of aryl methyl sites for hydroxylation is 1. The van der Waals surface area contributed by atoms with Gasteiger partial charge in [0.05, 0.1) is 17.0 Å². The summed E-state index contributed by atoms with van der Waals surface area (Å²) in [6, 6.07) is 9.69. The third-order valence-electron chi connectivity index (χ3n) is 5.26. The Labute approximate surface area is 178 Å². The maximum Gasteiger partial charge on any atom is 0.276 e. The number of piperidine rings is 1. The van der Waals surface area contributed by atoms with Crippen molar-refractivity contribution in [3.63, 3.8) is 0 Å². The van der Waals surface area contributed by atoms with Crippen LogP contribution in [0.5, 0.6) is 0 Å². The summed E-state index contributed by atoms with van der Waals surface area (Å²) in [5.74, 6) is 1.45. The Kier molecular flexibility index (Phi) is 5.79. The Bertz CT molecular complexity index is 1090. The van der Waals surface area contributed by atoms with E-state index in [2.05, 4.69) is 13.8 Å². The number of rotatable bonds is 4. The highest BCUT2D eigenvalue weighted by Crippen LogP contribution is 2.26. The highest BCUT2D eigenvalue weighted by Gasteiger charge is 2.26. The lowest BCUT2D eigenvalue weighted by Crippen LogP contribution is -2.43. The minimum absolute atomic E-state index is 0.0780. The first-order valence-corrected chi connectivity index (χ1v) is 11.8. The normalized spacial score (nSPS) is 19.6. The third-order valence-corrected chi connectivity index (χ3v) is 7.07. The first kappa shape index (κ1) is 20.2. The van der Waals surface area contributed by atoms with Crippen molar-refractivity contribution in [1.29, 1.82) is 0 Å². The van der Waals surface area contributed by atoms with Gasteiger partial charge in [0.25, 0.3) is 5.56 Å². The number of nitrogens with zero attached hydrogens (tertiary/aromatic N) is 3. The smallest absolute Gasteiger partial charge is 0.276 e. The van der Waals surface area contributed by atoms with Gasteiger partial charge in [-0.05, 0) is 54.3 Å². The van der Waals surface area contributed by atoms with Crippen molar-refractivity contribution in [2.75, 3.05) is 18.8 Å². The molecule has 0 bridgehead atoms. The molecule has 29 heavy (non-hydrogen) atoms. The first-order valence-electron chi connectivity index (χ1n) is 9.90. The number of thioether (sulfide) groups is 1. The van der Waals surface area contributed by atoms with Crippen LogP contribution in [0, 0.1) is 18.8 Å². The molecule has 0 spiro atoms. The number of likely N-dealkylation sites (tertiary alicyclic amines) is 1. The van der Waals surface area contributed by atoms with Gasteiger partial charge in [-0.25, -0.2) is 4.98 Å². The molecule has 0 radical (unpaired) electrons. The van der Waals surface area contributed by atoms with Gasteiger partial charge in [0, 0.05) is 13.1 Å². The minimum atomic E-state index is -0.0780. The van der Waals surface area contributed by atoms with Gasteiger partial charge in [-0.2, -0.15) is 0 Å². The van der Waals surface area contributed by atoms with E-state index < -0.39 is 0 Å². The average molecular weight is 428 g/mol. The molecule has 1 amide bonds. The molecule has 1 aromatic carbocycles. The molecule has 2 atom stereocenters. The van der Waals surface area contributed by atoms with Crippen LogP contribution in [0.2, 0.25) is 0 Å². The van der Waals surface area contributed by atoms with Crippen LogP contribution < -0.4 is 5.56 Å². The molecule has 7 heteroatoms. The average Bonchev–Trinajstić information content (AvgIpc) is 3.14. The molecule has 2 unspecified atom stereocenters. The highest BCUT2D eigenvalue weighted by molar-refractivity contribution is 7.99. The summed E-state index contributed by atoms with van der Waals surface area (Å²) in [6.07, 6.45) is 1.17. The molecule has 1 fully saturated rings. The summed E-state index contributed by atoms with van der Waals surface area (Å²) < 4.78 is 2.28. The quantitative estimate of drug-likeness (QED) is 0.459. The molecule has 1 saturated heterocycles. The number of fused-ring (bicyclic) bond motifs is 1. The topological polar surface area (TPSA) is 55.2 Å². The van der Waals surface area contributed by atoms with Gasteiger partial charge in [0.2, 0.25) is 5.91 Å². The Hall–Kier alpha value is -2.12. The second-order valence-electron chi connectivity index (χ2n) is 8.04. The van der Waals surface area contributed by atoms with Crippen LogP contribution in [0.15, 0.2) is 45.7 Å². The maximum atomic E-state index is 13.2. The van der Waals surface area contributed by atoms with E-state index in [1.54, 1.807) is 4.57 Å². The number of thiophene rings is 1. The molecule has 1 aliphatic heterocycles. The van der Waals surface area contributed by atoms with Gasteiger partial charge in [-0.1, -0.05) is 37.7 Å². The Morgan fingerprint density at radius 2 is 2.00 bits per heavy atom. The Morgan fingerprint density at radius 3 is 2.72 bits per heavy atom. The van der Waals surface area contributed by atoms with Gasteiger partial charge in [-0.15, -0.1) is 11.3 Å². The predicted molar refractivity (Wildman–Crippen MR) is 120 cm³/mol. The second-order valence-corrected chi connectivity index (χ2v) is 9.90. The number of hydrogen-bond donors (Lipinski definition) is 0. The second kappa shape index (κ2) is 8.32. The summed E-state index contributed by atoms with van der Waals surface area (Å²) in [6.45, 7) is 8.02. The fraction of sp³-hybridized carbons (Fsp3) is 0.409. The highest BCUT2D eigenvalue weighted by atomic mass is 32.2. The fourth-order valence-electron chi connectivity index (χ4n) is 4.07. The number of aromatic nitrogens is 2. The predicted octanol–water partition coefficient (Wildman–Crippen LogP) is 4.35.